The lowest BCUT2D eigenvalue weighted by atomic mass is 10.0. The number of carboxylic acid groups (broad SMARTS) is 1. The zero-order valence-electron chi connectivity index (χ0n) is 32.0. The third-order valence-corrected chi connectivity index (χ3v) is 9.36. The van der Waals surface area contributed by atoms with Crippen molar-refractivity contribution in [3.8, 4) is 0 Å². The molecule has 1 atom stereocenters. The molecule has 4 nitrogen and oxygen atoms in total. The number of rotatable bonds is 38. The van der Waals surface area contributed by atoms with Gasteiger partial charge >= 0.3 is 11.9 Å². The van der Waals surface area contributed by atoms with E-state index in [9.17, 15) is 14.7 Å². The van der Waals surface area contributed by atoms with E-state index in [1.807, 2.05) is 0 Å². The van der Waals surface area contributed by atoms with Crippen molar-refractivity contribution >= 4 is 11.9 Å². The van der Waals surface area contributed by atoms with Crippen molar-refractivity contribution in [1.82, 2.24) is 0 Å². The minimum absolute atomic E-state index is 0.0740. The number of allylic oxidation sites excluding steroid dienone is 6. The van der Waals surface area contributed by atoms with E-state index in [2.05, 4.69) is 50.3 Å². The van der Waals surface area contributed by atoms with E-state index in [1.165, 1.54) is 141 Å². The Kier molecular flexibility index (Phi) is 38.1. The monoisotopic (exact) mass is 673 g/mol. The summed E-state index contributed by atoms with van der Waals surface area (Å²) in [4.78, 5) is 23.7. The van der Waals surface area contributed by atoms with Gasteiger partial charge < -0.3 is 9.84 Å². The molecule has 0 fully saturated rings. The third-order valence-electron chi connectivity index (χ3n) is 9.36. The molecule has 0 aromatic heterocycles. The van der Waals surface area contributed by atoms with Crippen LogP contribution in [0.5, 0.6) is 0 Å². The second-order valence-corrected chi connectivity index (χ2v) is 14.2. The molecule has 48 heavy (non-hydrogen) atoms. The summed E-state index contributed by atoms with van der Waals surface area (Å²) in [6, 6.07) is 0. The zero-order valence-corrected chi connectivity index (χ0v) is 32.0. The van der Waals surface area contributed by atoms with Crippen molar-refractivity contribution < 1.29 is 19.4 Å². The highest BCUT2D eigenvalue weighted by molar-refractivity contribution is 5.71. The van der Waals surface area contributed by atoms with Crippen LogP contribution in [-0.2, 0) is 14.3 Å². The highest BCUT2D eigenvalue weighted by Gasteiger charge is 2.17. The molecule has 1 N–H and O–H groups in total. The van der Waals surface area contributed by atoms with Gasteiger partial charge in [-0.1, -0.05) is 198 Å². The van der Waals surface area contributed by atoms with E-state index in [0.29, 0.717) is 12.8 Å². The maximum atomic E-state index is 12.4. The predicted molar refractivity (Wildman–Crippen MR) is 209 cm³/mol. The van der Waals surface area contributed by atoms with Crippen LogP contribution in [-0.4, -0.2) is 23.1 Å². The molecular formula is C44H80O4. The number of aliphatic carboxylic acids is 1. The maximum absolute atomic E-state index is 12.4. The van der Waals surface area contributed by atoms with Crippen molar-refractivity contribution in [2.45, 2.75) is 232 Å². The lowest BCUT2D eigenvalue weighted by Crippen LogP contribution is -2.21. The number of carbonyl (C=O) groups excluding carboxylic acids is 1. The quantitative estimate of drug-likeness (QED) is 0.0403. The molecule has 0 saturated heterocycles. The van der Waals surface area contributed by atoms with Gasteiger partial charge in [0.2, 0.25) is 0 Å². The van der Waals surface area contributed by atoms with Crippen molar-refractivity contribution in [3.63, 3.8) is 0 Å². The molecule has 0 radical (unpaired) electrons. The van der Waals surface area contributed by atoms with Gasteiger partial charge in [0.05, 0.1) is 6.42 Å². The zero-order chi connectivity index (χ0) is 35.0. The van der Waals surface area contributed by atoms with Gasteiger partial charge in [-0.15, -0.1) is 0 Å². The molecular weight excluding hydrogens is 592 g/mol. The molecule has 0 spiro atoms. The first-order valence-corrected chi connectivity index (χ1v) is 21.0. The number of carbonyl (C=O) groups is 2. The van der Waals surface area contributed by atoms with Crippen LogP contribution in [0.4, 0.5) is 0 Å². The summed E-state index contributed by atoms with van der Waals surface area (Å²) in [5.74, 6) is -1.10. The molecule has 0 aliphatic carbocycles. The summed E-state index contributed by atoms with van der Waals surface area (Å²) in [6.45, 7) is 4.44. The molecule has 0 aliphatic heterocycles. The molecule has 280 valence electrons. The summed E-state index contributed by atoms with van der Waals surface area (Å²) in [5, 5.41) is 9.29. The second-order valence-electron chi connectivity index (χ2n) is 14.2. The minimum atomic E-state index is -0.879. The van der Waals surface area contributed by atoms with Crippen LogP contribution in [0.1, 0.15) is 226 Å². The lowest BCUT2D eigenvalue weighted by molar-refractivity contribution is -0.153. The average Bonchev–Trinajstić information content (AvgIpc) is 3.06. The number of hydrogen-bond acceptors (Lipinski definition) is 3. The standard InChI is InChI=1S/C44H80O4/c1-3-5-7-9-11-13-15-17-19-21-22-24-26-28-30-32-34-36-38-40-44(47)48-42(41-43(45)46)39-37-35-33-31-29-27-25-23-20-18-16-14-12-10-8-6-4-2/h5,7,11,13,17,19,42H,3-4,6,8-10,12,14-16,18,20-41H2,1-2H3,(H,45,46)/b7-5-,13-11-,19-17-. The summed E-state index contributed by atoms with van der Waals surface area (Å²) in [7, 11) is 0. The van der Waals surface area contributed by atoms with Gasteiger partial charge in [0.1, 0.15) is 6.10 Å². The number of unbranched alkanes of at least 4 members (excludes halogenated alkanes) is 25. The highest BCUT2D eigenvalue weighted by Crippen LogP contribution is 2.17. The van der Waals surface area contributed by atoms with Gasteiger partial charge in [-0.05, 0) is 51.4 Å². The van der Waals surface area contributed by atoms with Crippen LogP contribution in [0.3, 0.4) is 0 Å². The number of esters is 1. The van der Waals surface area contributed by atoms with Gasteiger partial charge in [0.25, 0.3) is 0 Å². The molecule has 0 aliphatic rings. The molecule has 0 heterocycles. The Labute approximate surface area is 299 Å². The van der Waals surface area contributed by atoms with Crippen molar-refractivity contribution in [3.05, 3.63) is 36.5 Å². The Balaban J connectivity index is 3.62. The molecule has 0 saturated carbocycles. The Hall–Kier alpha value is -1.84. The van der Waals surface area contributed by atoms with Gasteiger partial charge in [0.15, 0.2) is 0 Å². The van der Waals surface area contributed by atoms with E-state index in [0.717, 1.165) is 51.4 Å². The average molecular weight is 673 g/mol. The molecule has 0 bridgehead atoms. The van der Waals surface area contributed by atoms with Crippen LogP contribution in [0, 0.1) is 0 Å². The Morgan fingerprint density at radius 1 is 0.500 bits per heavy atom. The molecule has 1 unspecified atom stereocenters. The molecule has 4 heteroatoms. The van der Waals surface area contributed by atoms with E-state index in [-0.39, 0.29) is 12.4 Å². The van der Waals surface area contributed by atoms with Crippen LogP contribution >= 0.6 is 0 Å². The Morgan fingerprint density at radius 3 is 1.35 bits per heavy atom. The molecule has 0 aromatic rings. The smallest absolute Gasteiger partial charge is 0.307 e. The third kappa shape index (κ3) is 38.6. The number of hydrogen-bond donors (Lipinski definition) is 1. The normalized spacial score (nSPS) is 12.5. The second kappa shape index (κ2) is 39.6. The largest absolute Gasteiger partial charge is 0.481 e. The maximum Gasteiger partial charge on any atom is 0.307 e. The summed E-state index contributed by atoms with van der Waals surface area (Å²) in [6.07, 6.45) is 51.7. The molecule has 0 amide bonds. The predicted octanol–water partition coefficient (Wildman–Crippen LogP) is 14.6. The van der Waals surface area contributed by atoms with E-state index in [1.54, 1.807) is 0 Å². The fourth-order valence-electron chi connectivity index (χ4n) is 6.33. The van der Waals surface area contributed by atoms with Crippen LogP contribution < -0.4 is 0 Å². The van der Waals surface area contributed by atoms with Crippen molar-refractivity contribution in [2.24, 2.45) is 0 Å². The van der Waals surface area contributed by atoms with Crippen molar-refractivity contribution in [2.75, 3.05) is 0 Å². The fourth-order valence-corrected chi connectivity index (χ4v) is 6.33. The Bertz CT molecular complexity index is 768. The summed E-state index contributed by atoms with van der Waals surface area (Å²) in [5.41, 5.74) is 0. The molecule has 0 rings (SSSR count). The topological polar surface area (TPSA) is 63.6 Å². The number of carboxylic acids is 1. The van der Waals surface area contributed by atoms with E-state index in [4.69, 9.17) is 4.74 Å². The minimum Gasteiger partial charge on any atom is -0.481 e. The fraction of sp³-hybridized carbons (Fsp3) is 0.818. The molecule has 0 aromatic carbocycles. The van der Waals surface area contributed by atoms with Crippen LogP contribution in [0.15, 0.2) is 36.5 Å². The van der Waals surface area contributed by atoms with E-state index < -0.39 is 12.1 Å². The number of ether oxygens (including phenoxy) is 1. The van der Waals surface area contributed by atoms with Crippen LogP contribution in [0.2, 0.25) is 0 Å². The Morgan fingerprint density at radius 2 is 0.896 bits per heavy atom. The van der Waals surface area contributed by atoms with Gasteiger partial charge in [0, 0.05) is 6.42 Å². The first-order valence-electron chi connectivity index (χ1n) is 21.0. The van der Waals surface area contributed by atoms with Crippen LogP contribution in [0.25, 0.3) is 0 Å². The summed E-state index contributed by atoms with van der Waals surface area (Å²) >= 11 is 0. The summed E-state index contributed by atoms with van der Waals surface area (Å²) < 4.78 is 5.60. The lowest BCUT2D eigenvalue weighted by Gasteiger charge is -2.16. The first-order chi connectivity index (χ1) is 23.6. The van der Waals surface area contributed by atoms with Gasteiger partial charge in [-0.2, -0.15) is 0 Å². The van der Waals surface area contributed by atoms with Gasteiger partial charge in [-0.25, -0.2) is 0 Å². The van der Waals surface area contributed by atoms with E-state index >= 15 is 0 Å². The van der Waals surface area contributed by atoms with Crippen molar-refractivity contribution in [1.29, 1.82) is 0 Å². The SMILES string of the molecule is CC/C=C\C/C=C\C/C=C\CCCCCCCCCCCC(=O)OC(CCCCCCCCCCCCCCCCCCC)CC(=O)O. The van der Waals surface area contributed by atoms with Gasteiger partial charge in [-0.3, -0.25) is 9.59 Å². The first kappa shape index (κ1) is 46.2. The highest BCUT2D eigenvalue weighted by atomic mass is 16.5.